The summed E-state index contributed by atoms with van der Waals surface area (Å²) < 4.78 is 5.89. The van der Waals surface area contributed by atoms with Crippen molar-refractivity contribution in [1.82, 2.24) is 15.2 Å². The molecule has 21 heavy (non-hydrogen) atoms. The lowest BCUT2D eigenvalue weighted by molar-refractivity contribution is 0.0737. The summed E-state index contributed by atoms with van der Waals surface area (Å²) >= 11 is 5.91. The summed E-state index contributed by atoms with van der Waals surface area (Å²) in [6.45, 7) is 8.21. The van der Waals surface area contributed by atoms with Crippen molar-refractivity contribution < 1.29 is 4.42 Å². The Labute approximate surface area is 130 Å². The first-order chi connectivity index (χ1) is 10.0. The largest absolute Gasteiger partial charge is 0.439 e. The van der Waals surface area contributed by atoms with Crippen LogP contribution in [-0.4, -0.2) is 35.1 Å². The number of rotatable bonds is 3. The van der Waals surface area contributed by atoms with E-state index in [4.69, 9.17) is 16.0 Å². The minimum absolute atomic E-state index is 0.118. The van der Waals surface area contributed by atoms with Gasteiger partial charge in [-0.2, -0.15) is 0 Å². The SMILES string of the molecule is CC1(C)CNCCN1Cc1ncc(-c2ccc(Cl)cc2)o1. The monoisotopic (exact) mass is 305 g/mol. The van der Waals surface area contributed by atoms with Crippen LogP contribution < -0.4 is 5.32 Å². The van der Waals surface area contributed by atoms with Crippen molar-refractivity contribution in [2.45, 2.75) is 25.9 Å². The highest BCUT2D eigenvalue weighted by atomic mass is 35.5. The molecule has 1 N–H and O–H groups in total. The molecule has 1 fully saturated rings. The summed E-state index contributed by atoms with van der Waals surface area (Å²) in [7, 11) is 0. The van der Waals surface area contributed by atoms with Crippen molar-refractivity contribution in [3.8, 4) is 11.3 Å². The third-order valence-corrected chi connectivity index (χ3v) is 4.23. The fourth-order valence-electron chi connectivity index (χ4n) is 2.61. The van der Waals surface area contributed by atoms with Crippen molar-refractivity contribution in [1.29, 1.82) is 0 Å². The molecule has 0 spiro atoms. The molecule has 2 heterocycles. The Morgan fingerprint density at radius 2 is 2.10 bits per heavy atom. The van der Waals surface area contributed by atoms with Crippen LogP contribution in [0.2, 0.25) is 5.02 Å². The van der Waals surface area contributed by atoms with E-state index in [9.17, 15) is 0 Å². The molecule has 1 aromatic carbocycles. The molecule has 1 aliphatic rings. The number of nitrogens with zero attached hydrogens (tertiary/aromatic N) is 2. The fourth-order valence-corrected chi connectivity index (χ4v) is 2.74. The molecule has 3 rings (SSSR count). The second-order valence-electron chi connectivity index (χ2n) is 6.04. The third-order valence-electron chi connectivity index (χ3n) is 3.98. The van der Waals surface area contributed by atoms with Crippen LogP contribution in [0.3, 0.4) is 0 Å². The Bertz CT molecular complexity index is 606. The van der Waals surface area contributed by atoms with E-state index in [0.717, 1.165) is 48.4 Å². The lowest BCUT2D eigenvalue weighted by atomic mass is 10.0. The number of halogens is 1. The Hall–Kier alpha value is -1.36. The fraction of sp³-hybridized carbons (Fsp3) is 0.438. The lowest BCUT2D eigenvalue weighted by Crippen LogP contribution is -2.57. The zero-order valence-corrected chi connectivity index (χ0v) is 13.2. The van der Waals surface area contributed by atoms with Gasteiger partial charge in [-0.25, -0.2) is 4.98 Å². The quantitative estimate of drug-likeness (QED) is 0.945. The molecular weight excluding hydrogens is 286 g/mol. The summed E-state index contributed by atoms with van der Waals surface area (Å²) in [5.74, 6) is 1.55. The van der Waals surface area contributed by atoms with Crippen molar-refractivity contribution in [2.24, 2.45) is 0 Å². The van der Waals surface area contributed by atoms with Crippen molar-refractivity contribution in [2.75, 3.05) is 19.6 Å². The Morgan fingerprint density at radius 1 is 1.33 bits per heavy atom. The highest BCUT2D eigenvalue weighted by molar-refractivity contribution is 6.30. The summed E-state index contributed by atoms with van der Waals surface area (Å²) in [5.41, 5.74) is 1.12. The summed E-state index contributed by atoms with van der Waals surface area (Å²) in [4.78, 5) is 6.82. The molecule has 2 aromatic rings. The molecule has 0 saturated carbocycles. The lowest BCUT2D eigenvalue weighted by Gasteiger charge is -2.42. The number of hydrogen-bond donors (Lipinski definition) is 1. The van der Waals surface area contributed by atoms with Gasteiger partial charge in [-0.1, -0.05) is 11.6 Å². The van der Waals surface area contributed by atoms with Gasteiger partial charge in [0.1, 0.15) is 0 Å². The van der Waals surface area contributed by atoms with Gasteiger partial charge in [0.2, 0.25) is 5.89 Å². The molecule has 0 amide bonds. The topological polar surface area (TPSA) is 41.3 Å². The molecule has 1 aliphatic heterocycles. The summed E-state index contributed by atoms with van der Waals surface area (Å²) in [6, 6.07) is 7.61. The second kappa shape index (κ2) is 5.79. The van der Waals surface area contributed by atoms with E-state index in [-0.39, 0.29) is 5.54 Å². The molecule has 0 bridgehead atoms. The van der Waals surface area contributed by atoms with Crippen LogP contribution in [0.15, 0.2) is 34.9 Å². The van der Waals surface area contributed by atoms with E-state index in [1.54, 1.807) is 6.20 Å². The summed E-state index contributed by atoms with van der Waals surface area (Å²) in [5, 5.41) is 4.15. The van der Waals surface area contributed by atoms with Gasteiger partial charge in [0.25, 0.3) is 0 Å². The van der Waals surface area contributed by atoms with Crippen LogP contribution in [-0.2, 0) is 6.54 Å². The first-order valence-electron chi connectivity index (χ1n) is 7.21. The zero-order valence-electron chi connectivity index (χ0n) is 12.4. The Balaban J connectivity index is 1.74. The van der Waals surface area contributed by atoms with Crippen molar-refractivity contribution >= 4 is 11.6 Å². The standard InChI is InChI=1S/C16H20ClN3O/c1-16(2)11-18-7-8-20(16)10-15-19-9-14(21-15)12-3-5-13(17)6-4-12/h3-6,9,18H,7-8,10-11H2,1-2H3. The van der Waals surface area contributed by atoms with Gasteiger partial charge in [0, 0.05) is 35.8 Å². The molecule has 4 nitrogen and oxygen atoms in total. The zero-order chi connectivity index (χ0) is 14.9. The highest BCUT2D eigenvalue weighted by Crippen LogP contribution is 2.24. The predicted molar refractivity (Wildman–Crippen MR) is 84.3 cm³/mol. The number of aromatic nitrogens is 1. The molecule has 112 valence electrons. The van der Waals surface area contributed by atoms with Crippen LogP contribution >= 0.6 is 11.6 Å². The smallest absolute Gasteiger partial charge is 0.209 e. The molecule has 1 aromatic heterocycles. The minimum Gasteiger partial charge on any atom is -0.439 e. The van der Waals surface area contributed by atoms with E-state index < -0.39 is 0 Å². The highest BCUT2D eigenvalue weighted by Gasteiger charge is 2.30. The molecule has 1 saturated heterocycles. The van der Waals surface area contributed by atoms with E-state index in [1.807, 2.05) is 24.3 Å². The number of hydrogen-bond acceptors (Lipinski definition) is 4. The number of piperazine rings is 1. The Kier molecular flexibility index (Phi) is 4.02. The molecule has 0 radical (unpaired) electrons. The predicted octanol–water partition coefficient (Wildman–Crippen LogP) is 3.18. The maximum Gasteiger partial charge on any atom is 0.209 e. The van der Waals surface area contributed by atoms with Crippen molar-refractivity contribution in [3.63, 3.8) is 0 Å². The van der Waals surface area contributed by atoms with Crippen LogP contribution in [0.1, 0.15) is 19.7 Å². The van der Waals surface area contributed by atoms with Crippen LogP contribution in [0.4, 0.5) is 0 Å². The van der Waals surface area contributed by atoms with Gasteiger partial charge in [-0.3, -0.25) is 4.90 Å². The normalized spacial score (nSPS) is 18.8. The van der Waals surface area contributed by atoms with E-state index in [0.29, 0.717) is 0 Å². The van der Waals surface area contributed by atoms with E-state index in [2.05, 4.69) is 29.0 Å². The number of oxazole rings is 1. The molecule has 5 heteroatoms. The van der Waals surface area contributed by atoms with Gasteiger partial charge in [0.05, 0.1) is 12.7 Å². The van der Waals surface area contributed by atoms with Gasteiger partial charge in [-0.05, 0) is 38.1 Å². The third kappa shape index (κ3) is 3.28. The average Bonchev–Trinajstić information content (AvgIpc) is 2.90. The Morgan fingerprint density at radius 3 is 2.81 bits per heavy atom. The maximum atomic E-state index is 5.91. The van der Waals surface area contributed by atoms with Gasteiger partial charge in [0.15, 0.2) is 5.76 Å². The van der Waals surface area contributed by atoms with Crippen LogP contribution in [0, 0.1) is 0 Å². The van der Waals surface area contributed by atoms with Gasteiger partial charge >= 0.3 is 0 Å². The average molecular weight is 306 g/mol. The molecule has 0 unspecified atom stereocenters. The first-order valence-corrected chi connectivity index (χ1v) is 7.59. The number of benzene rings is 1. The first kappa shape index (κ1) is 14.6. The van der Waals surface area contributed by atoms with Crippen molar-refractivity contribution in [3.05, 3.63) is 41.4 Å². The minimum atomic E-state index is 0.118. The van der Waals surface area contributed by atoms with Gasteiger partial charge in [-0.15, -0.1) is 0 Å². The molecule has 0 aliphatic carbocycles. The second-order valence-corrected chi connectivity index (χ2v) is 6.47. The molecular formula is C16H20ClN3O. The molecule has 0 atom stereocenters. The van der Waals surface area contributed by atoms with E-state index >= 15 is 0 Å². The van der Waals surface area contributed by atoms with Crippen LogP contribution in [0.5, 0.6) is 0 Å². The maximum absolute atomic E-state index is 5.91. The van der Waals surface area contributed by atoms with Gasteiger partial charge < -0.3 is 9.73 Å². The number of nitrogens with one attached hydrogen (secondary N) is 1. The summed E-state index contributed by atoms with van der Waals surface area (Å²) in [6.07, 6.45) is 1.79. The van der Waals surface area contributed by atoms with Crippen LogP contribution in [0.25, 0.3) is 11.3 Å². The van der Waals surface area contributed by atoms with E-state index in [1.165, 1.54) is 0 Å².